The number of carbonyl (C=O) groups excluding carboxylic acids is 1. The molecule has 5 atom stereocenters. The van der Waals surface area contributed by atoms with E-state index >= 15 is 0 Å². The molecule has 3 heterocycles. The molecule has 1 fully saturated rings. The minimum Gasteiger partial charge on any atom is -0.460 e. The van der Waals surface area contributed by atoms with Gasteiger partial charge in [0.05, 0.1) is 12.9 Å². The standard InChI is InChI=1S/C26H28ClN6O7P/c1-16(25(35)37-14-17-8-4-2-5-9-17)32-41(36,39-18-10-6-3-7-11-18)40-19-12-21(38-20(19)13-34)33-15-29-22-23(28)30-26(27)31-24(22)33/h2-11,15-16,19-21,34H,12-14H2,1H3,(H,32,36)(H2,28,30,31)/t16-,19+,20?,21+,41?/m0/s1. The number of para-hydroxylation sites is 1. The Morgan fingerprint density at radius 2 is 1.93 bits per heavy atom. The largest absolute Gasteiger partial charge is 0.460 e. The topological polar surface area (TPSA) is 173 Å². The zero-order valence-corrected chi connectivity index (χ0v) is 23.5. The number of fused-ring (bicyclic) bond motifs is 1. The minimum absolute atomic E-state index is 0.0398. The lowest BCUT2D eigenvalue weighted by atomic mass is 10.2. The lowest BCUT2D eigenvalue weighted by Crippen LogP contribution is -2.37. The number of benzene rings is 2. The van der Waals surface area contributed by atoms with Crippen LogP contribution < -0.4 is 15.3 Å². The normalized spacial score (nSPS) is 20.9. The summed E-state index contributed by atoms with van der Waals surface area (Å²) in [7, 11) is -4.25. The van der Waals surface area contributed by atoms with Gasteiger partial charge in [0.15, 0.2) is 11.5 Å². The summed E-state index contributed by atoms with van der Waals surface area (Å²) < 4.78 is 38.8. The third-order valence-corrected chi connectivity index (χ3v) is 8.14. The van der Waals surface area contributed by atoms with Crippen molar-refractivity contribution in [3.8, 4) is 5.75 Å². The number of aliphatic hydroxyl groups excluding tert-OH is 1. The van der Waals surface area contributed by atoms with Crippen molar-refractivity contribution < 1.29 is 33.0 Å². The van der Waals surface area contributed by atoms with Gasteiger partial charge in [-0.3, -0.25) is 13.9 Å². The van der Waals surface area contributed by atoms with Gasteiger partial charge in [-0.1, -0.05) is 48.5 Å². The molecule has 1 aliphatic rings. The number of hydrogen-bond acceptors (Lipinski definition) is 11. The average Bonchev–Trinajstić information content (AvgIpc) is 3.56. The first-order chi connectivity index (χ1) is 19.7. The van der Waals surface area contributed by atoms with Gasteiger partial charge < -0.3 is 24.8 Å². The number of nitrogens with one attached hydrogen (secondary N) is 1. The van der Waals surface area contributed by atoms with Crippen molar-refractivity contribution in [3.63, 3.8) is 0 Å². The van der Waals surface area contributed by atoms with Crippen LogP contribution in [0.4, 0.5) is 5.82 Å². The van der Waals surface area contributed by atoms with E-state index in [2.05, 4.69) is 20.0 Å². The van der Waals surface area contributed by atoms with Crippen molar-refractivity contribution in [1.82, 2.24) is 24.6 Å². The van der Waals surface area contributed by atoms with Crippen molar-refractivity contribution in [1.29, 1.82) is 0 Å². The molecule has 4 aromatic rings. The Bertz CT molecular complexity index is 1540. The van der Waals surface area contributed by atoms with E-state index in [-0.39, 0.29) is 29.9 Å². The third-order valence-electron chi connectivity index (χ3n) is 6.26. The number of esters is 1. The van der Waals surface area contributed by atoms with E-state index in [4.69, 9.17) is 35.9 Å². The average molecular weight is 603 g/mol. The van der Waals surface area contributed by atoms with Crippen molar-refractivity contribution in [2.75, 3.05) is 12.3 Å². The molecule has 15 heteroatoms. The Morgan fingerprint density at radius 1 is 1.22 bits per heavy atom. The first-order valence-corrected chi connectivity index (χ1v) is 14.6. The number of aromatic nitrogens is 4. The van der Waals surface area contributed by atoms with Crippen LogP contribution in [0, 0.1) is 0 Å². The molecule has 41 heavy (non-hydrogen) atoms. The van der Waals surface area contributed by atoms with Gasteiger partial charge in [-0.15, -0.1) is 0 Å². The zero-order valence-electron chi connectivity index (χ0n) is 21.9. The smallest absolute Gasteiger partial charge is 0.459 e. The number of nitrogens with two attached hydrogens (primary N) is 1. The molecule has 2 unspecified atom stereocenters. The summed E-state index contributed by atoms with van der Waals surface area (Å²) in [4.78, 5) is 25.1. The first kappa shape index (κ1) is 28.9. The maximum atomic E-state index is 14.1. The van der Waals surface area contributed by atoms with E-state index < -0.39 is 44.8 Å². The lowest BCUT2D eigenvalue weighted by Gasteiger charge is -2.26. The first-order valence-electron chi connectivity index (χ1n) is 12.7. The second-order valence-corrected chi connectivity index (χ2v) is 11.2. The van der Waals surface area contributed by atoms with Crippen LogP contribution in [0.5, 0.6) is 5.75 Å². The van der Waals surface area contributed by atoms with E-state index in [1.807, 2.05) is 30.3 Å². The quantitative estimate of drug-likeness (QED) is 0.129. The highest BCUT2D eigenvalue weighted by atomic mass is 35.5. The van der Waals surface area contributed by atoms with E-state index in [1.165, 1.54) is 13.3 Å². The van der Waals surface area contributed by atoms with E-state index in [9.17, 15) is 14.5 Å². The summed E-state index contributed by atoms with van der Waals surface area (Å²) in [5.41, 5.74) is 7.36. The maximum Gasteiger partial charge on any atom is 0.459 e. The highest BCUT2D eigenvalue weighted by Gasteiger charge is 2.44. The van der Waals surface area contributed by atoms with Gasteiger partial charge in [0.2, 0.25) is 5.28 Å². The summed E-state index contributed by atoms with van der Waals surface area (Å²) in [6.45, 7) is 1.07. The third kappa shape index (κ3) is 6.84. The summed E-state index contributed by atoms with van der Waals surface area (Å²) in [5.74, 6) is -0.319. The number of aliphatic hydroxyl groups is 1. The maximum absolute atomic E-state index is 14.1. The fraction of sp³-hybridized carbons (Fsp3) is 0.308. The Labute approximate surface area is 240 Å². The Hall–Kier alpha value is -3.58. The minimum atomic E-state index is -4.25. The van der Waals surface area contributed by atoms with E-state index in [0.717, 1.165) is 5.56 Å². The summed E-state index contributed by atoms with van der Waals surface area (Å²) >= 11 is 5.99. The highest BCUT2D eigenvalue weighted by molar-refractivity contribution is 7.52. The number of rotatable bonds is 11. The number of carbonyl (C=O) groups is 1. The Morgan fingerprint density at radius 3 is 2.63 bits per heavy atom. The molecular weight excluding hydrogens is 575 g/mol. The SMILES string of the molecule is C[C@H](NP(=O)(Oc1ccccc1)O[C@@H]1C[C@H](n2cnc3c(N)nc(Cl)nc32)OC1CO)C(=O)OCc1ccccc1. The molecule has 13 nitrogen and oxygen atoms in total. The van der Waals surface area contributed by atoms with Crippen molar-refractivity contribution in [3.05, 3.63) is 77.8 Å². The van der Waals surface area contributed by atoms with Gasteiger partial charge in [-0.05, 0) is 36.2 Å². The number of halogens is 1. The number of anilines is 1. The van der Waals surface area contributed by atoms with Crippen LogP contribution >= 0.6 is 19.3 Å². The van der Waals surface area contributed by atoms with Crippen LogP contribution in [0.15, 0.2) is 67.0 Å². The van der Waals surface area contributed by atoms with Crippen LogP contribution in [0.25, 0.3) is 11.2 Å². The van der Waals surface area contributed by atoms with Gasteiger partial charge in [0, 0.05) is 6.42 Å². The summed E-state index contributed by atoms with van der Waals surface area (Å²) in [6, 6.07) is 16.4. The molecule has 1 aliphatic heterocycles. The molecule has 0 saturated carbocycles. The fourth-order valence-corrected chi connectivity index (χ4v) is 6.17. The lowest BCUT2D eigenvalue weighted by molar-refractivity contribution is -0.146. The Balaban J connectivity index is 1.34. The fourth-order valence-electron chi connectivity index (χ4n) is 4.29. The van der Waals surface area contributed by atoms with Gasteiger partial charge in [0.1, 0.15) is 42.4 Å². The second-order valence-electron chi connectivity index (χ2n) is 9.24. The molecule has 0 aliphatic carbocycles. The van der Waals surface area contributed by atoms with Gasteiger partial charge >= 0.3 is 13.7 Å². The number of hydrogen-bond donors (Lipinski definition) is 3. The molecule has 216 valence electrons. The van der Waals surface area contributed by atoms with Crippen molar-refractivity contribution >= 4 is 42.3 Å². The number of nitrogens with zero attached hydrogens (tertiary/aromatic N) is 4. The van der Waals surface area contributed by atoms with Crippen LogP contribution in [0.3, 0.4) is 0 Å². The van der Waals surface area contributed by atoms with Crippen LogP contribution in [0.1, 0.15) is 25.1 Å². The molecule has 4 N–H and O–H groups in total. The van der Waals surface area contributed by atoms with Crippen LogP contribution in [-0.2, 0) is 30.0 Å². The zero-order chi connectivity index (χ0) is 29.0. The summed E-state index contributed by atoms with van der Waals surface area (Å²) in [5, 5.41) is 12.7. The molecule has 0 amide bonds. The molecule has 0 spiro atoms. The Kier molecular flexibility index (Phi) is 8.83. The second kappa shape index (κ2) is 12.5. The van der Waals surface area contributed by atoms with Crippen molar-refractivity contribution in [2.24, 2.45) is 0 Å². The number of ether oxygens (including phenoxy) is 2. The molecule has 0 radical (unpaired) electrons. The molecule has 5 rings (SSSR count). The predicted octanol–water partition coefficient (Wildman–Crippen LogP) is 3.64. The van der Waals surface area contributed by atoms with E-state index in [1.54, 1.807) is 34.9 Å². The number of imidazole rings is 1. The van der Waals surface area contributed by atoms with Crippen LogP contribution in [0.2, 0.25) is 5.28 Å². The predicted molar refractivity (Wildman–Crippen MR) is 149 cm³/mol. The van der Waals surface area contributed by atoms with Gasteiger partial charge in [-0.2, -0.15) is 15.1 Å². The summed E-state index contributed by atoms with van der Waals surface area (Å²) in [6.07, 6.45) is -0.981. The van der Waals surface area contributed by atoms with Crippen molar-refractivity contribution in [2.45, 2.75) is 44.4 Å². The molecular formula is C26H28ClN6O7P. The molecule has 0 bridgehead atoms. The monoisotopic (exact) mass is 602 g/mol. The van der Waals surface area contributed by atoms with Gasteiger partial charge in [0.25, 0.3) is 0 Å². The number of nitrogen functional groups attached to an aromatic ring is 1. The highest BCUT2D eigenvalue weighted by Crippen LogP contribution is 2.49. The molecule has 2 aromatic carbocycles. The molecule has 1 saturated heterocycles. The van der Waals surface area contributed by atoms with Gasteiger partial charge in [-0.25, -0.2) is 9.55 Å². The molecule has 2 aromatic heterocycles. The van der Waals surface area contributed by atoms with Crippen LogP contribution in [-0.4, -0.2) is 55.5 Å². The van der Waals surface area contributed by atoms with E-state index in [0.29, 0.717) is 11.2 Å².